The van der Waals surface area contributed by atoms with Crippen LogP contribution in [0.3, 0.4) is 0 Å². The normalized spacial score (nSPS) is 8.55. The van der Waals surface area contributed by atoms with Gasteiger partial charge >= 0.3 is 11.7 Å². The fraction of sp³-hybridized carbons (Fsp3) is 0.714. The van der Waals surface area contributed by atoms with Crippen molar-refractivity contribution in [2.75, 3.05) is 6.61 Å². The molecule has 11 heavy (non-hydrogen) atoms. The molecule has 0 aliphatic rings. The van der Waals surface area contributed by atoms with Gasteiger partial charge in [-0.2, -0.15) is 4.79 Å². The maximum absolute atomic E-state index is 10.9. The smallest absolute Gasteiger partial charge is 0.416 e. The highest BCUT2D eigenvalue weighted by molar-refractivity contribution is 6.33. The molecule has 0 aromatic rings. The molecule has 0 fully saturated rings. The van der Waals surface area contributed by atoms with Crippen LogP contribution in [0, 0.1) is 0 Å². The molecule has 0 aromatic carbocycles. The summed E-state index contributed by atoms with van der Waals surface area (Å²) in [5, 5.41) is 0. The van der Waals surface area contributed by atoms with Crippen molar-refractivity contribution in [1.29, 1.82) is 0 Å². The SMILES string of the molecule is CCCC(=[N+]=[N-])C(=O)OCC. The summed E-state index contributed by atoms with van der Waals surface area (Å²) < 4.78 is 4.62. The van der Waals surface area contributed by atoms with Crippen LogP contribution in [0.15, 0.2) is 0 Å². The maximum Gasteiger partial charge on any atom is 0.416 e. The predicted octanol–water partition coefficient (Wildman–Crippen LogP) is 1.02. The van der Waals surface area contributed by atoms with Crippen LogP contribution in [0.4, 0.5) is 0 Å². The Morgan fingerprint density at radius 3 is 2.55 bits per heavy atom. The van der Waals surface area contributed by atoms with E-state index in [4.69, 9.17) is 5.53 Å². The van der Waals surface area contributed by atoms with E-state index in [9.17, 15) is 4.79 Å². The van der Waals surface area contributed by atoms with Crippen molar-refractivity contribution in [1.82, 2.24) is 0 Å². The lowest BCUT2D eigenvalue weighted by atomic mass is 10.2. The van der Waals surface area contributed by atoms with Crippen LogP contribution in [0.2, 0.25) is 0 Å². The topological polar surface area (TPSA) is 62.7 Å². The van der Waals surface area contributed by atoms with Gasteiger partial charge in [0.25, 0.3) is 0 Å². The fourth-order valence-corrected chi connectivity index (χ4v) is 0.644. The van der Waals surface area contributed by atoms with E-state index in [-0.39, 0.29) is 5.71 Å². The summed E-state index contributed by atoms with van der Waals surface area (Å²) in [7, 11) is 0. The Morgan fingerprint density at radius 2 is 2.18 bits per heavy atom. The van der Waals surface area contributed by atoms with Crippen molar-refractivity contribution in [3.63, 3.8) is 0 Å². The first-order valence-corrected chi connectivity index (χ1v) is 3.64. The predicted molar refractivity (Wildman–Crippen MR) is 40.2 cm³/mol. The Kier molecular flexibility index (Phi) is 5.03. The van der Waals surface area contributed by atoms with E-state index in [1.807, 2.05) is 6.92 Å². The van der Waals surface area contributed by atoms with Crippen LogP contribution >= 0.6 is 0 Å². The van der Waals surface area contributed by atoms with Gasteiger partial charge in [0.15, 0.2) is 0 Å². The van der Waals surface area contributed by atoms with E-state index in [0.717, 1.165) is 6.42 Å². The lowest BCUT2D eigenvalue weighted by Gasteiger charge is -1.94. The van der Waals surface area contributed by atoms with Gasteiger partial charge in [-0.25, -0.2) is 4.79 Å². The van der Waals surface area contributed by atoms with Gasteiger partial charge < -0.3 is 10.3 Å². The molecule has 0 radical (unpaired) electrons. The molecule has 0 N–H and O–H groups in total. The van der Waals surface area contributed by atoms with Crippen LogP contribution in [0.1, 0.15) is 26.7 Å². The Morgan fingerprint density at radius 1 is 1.55 bits per heavy atom. The van der Waals surface area contributed by atoms with Crippen LogP contribution in [0.25, 0.3) is 5.53 Å². The Hall–Kier alpha value is -1.15. The fourth-order valence-electron chi connectivity index (χ4n) is 0.644. The standard InChI is InChI=1S/C7H12N2O2/c1-3-5-6(9-8)7(10)11-4-2/h3-5H2,1-2H3. The second-order valence-corrected chi connectivity index (χ2v) is 2.02. The zero-order chi connectivity index (χ0) is 8.69. The summed E-state index contributed by atoms with van der Waals surface area (Å²) in [5.41, 5.74) is 8.43. The lowest BCUT2D eigenvalue weighted by molar-refractivity contribution is -0.140. The van der Waals surface area contributed by atoms with Crippen molar-refractivity contribution in [2.45, 2.75) is 26.7 Å². The van der Waals surface area contributed by atoms with Gasteiger partial charge in [-0.15, -0.1) is 0 Å². The van der Waals surface area contributed by atoms with E-state index in [0.29, 0.717) is 13.0 Å². The minimum Gasteiger partial charge on any atom is -0.457 e. The second-order valence-electron chi connectivity index (χ2n) is 2.02. The van der Waals surface area contributed by atoms with Crippen molar-refractivity contribution in [3.8, 4) is 0 Å². The number of carbonyl (C=O) groups excluding carboxylic acids is 1. The third kappa shape index (κ3) is 3.53. The Bertz CT molecular complexity index is 183. The molecule has 0 aliphatic heterocycles. The van der Waals surface area contributed by atoms with Crippen molar-refractivity contribution in [2.24, 2.45) is 0 Å². The highest BCUT2D eigenvalue weighted by Gasteiger charge is 2.19. The third-order valence-electron chi connectivity index (χ3n) is 1.12. The van der Waals surface area contributed by atoms with Crippen LogP contribution in [-0.2, 0) is 9.53 Å². The molecule has 4 nitrogen and oxygen atoms in total. The molecule has 0 aliphatic carbocycles. The van der Waals surface area contributed by atoms with Crippen molar-refractivity contribution >= 4 is 11.7 Å². The minimum atomic E-state index is -0.531. The Labute approximate surface area is 65.8 Å². The summed E-state index contributed by atoms with van der Waals surface area (Å²) in [6.45, 7) is 3.91. The van der Waals surface area contributed by atoms with Gasteiger partial charge in [0.1, 0.15) is 0 Å². The average molecular weight is 156 g/mol. The molecule has 0 spiro atoms. The monoisotopic (exact) mass is 156 g/mol. The van der Waals surface area contributed by atoms with Crippen LogP contribution in [0.5, 0.6) is 0 Å². The number of esters is 1. The van der Waals surface area contributed by atoms with Crippen molar-refractivity contribution in [3.05, 3.63) is 5.53 Å². The molecule has 0 aromatic heterocycles. The minimum absolute atomic E-state index is 0.0920. The van der Waals surface area contributed by atoms with E-state index in [1.54, 1.807) is 6.92 Å². The first-order valence-electron chi connectivity index (χ1n) is 3.64. The molecule has 0 unspecified atom stereocenters. The average Bonchev–Trinajstić information content (AvgIpc) is 2.00. The molecule has 0 rings (SSSR count). The molecule has 0 atom stereocenters. The molecular formula is C7H12N2O2. The van der Waals surface area contributed by atoms with E-state index in [2.05, 4.69) is 9.53 Å². The third-order valence-corrected chi connectivity index (χ3v) is 1.12. The van der Waals surface area contributed by atoms with Gasteiger partial charge in [0.05, 0.1) is 13.0 Å². The van der Waals surface area contributed by atoms with Crippen molar-refractivity contribution < 1.29 is 14.3 Å². The molecular weight excluding hydrogens is 144 g/mol. The molecule has 0 saturated carbocycles. The summed E-state index contributed by atoms with van der Waals surface area (Å²) in [4.78, 5) is 13.7. The molecule has 0 bridgehead atoms. The van der Waals surface area contributed by atoms with Gasteiger partial charge in [-0.1, -0.05) is 6.92 Å². The summed E-state index contributed by atoms with van der Waals surface area (Å²) in [5.74, 6) is -0.531. The van der Waals surface area contributed by atoms with Gasteiger partial charge in [-0.05, 0) is 13.3 Å². The summed E-state index contributed by atoms with van der Waals surface area (Å²) in [6, 6.07) is 0. The quantitative estimate of drug-likeness (QED) is 0.264. The zero-order valence-corrected chi connectivity index (χ0v) is 6.83. The summed E-state index contributed by atoms with van der Waals surface area (Å²) in [6.07, 6.45) is 1.22. The number of carbonyl (C=O) groups is 1. The van der Waals surface area contributed by atoms with Gasteiger partial charge in [-0.3, -0.25) is 0 Å². The highest BCUT2D eigenvalue weighted by atomic mass is 16.5. The van der Waals surface area contributed by atoms with Gasteiger partial charge in [0, 0.05) is 0 Å². The number of hydrogen-bond donors (Lipinski definition) is 0. The molecule has 0 amide bonds. The first kappa shape index (κ1) is 9.85. The van der Waals surface area contributed by atoms with Crippen LogP contribution < -0.4 is 0 Å². The maximum atomic E-state index is 10.9. The number of hydrogen-bond acceptors (Lipinski definition) is 2. The second kappa shape index (κ2) is 5.62. The first-order chi connectivity index (χ1) is 5.26. The van der Waals surface area contributed by atoms with Crippen LogP contribution in [-0.4, -0.2) is 23.1 Å². The van der Waals surface area contributed by atoms with E-state index >= 15 is 0 Å². The highest BCUT2D eigenvalue weighted by Crippen LogP contribution is 1.91. The zero-order valence-electron chi connectivity index (χ0n) is 6.83. The summed E-state index contributed by atoms with van der Waals surface area (Å²) >= 11 is 0. The lowest BCUT2D eigenvalue weighted by Crippen LogP contribution is -2.18. The molecule has 0 heterocycles. The molecule has 0 saturated heterocycles. The van der Waals surface area contributed by atoms with Gasteiger partial charge in [0.2, 0.25) is 0 Å². The largest absolute Gasteiger partial charge is 0.457 e. The number of rotatable bonds is 4. The Balaban J connectivity index is 4.05. The number of nitrogens with zero attached hydrogens (tertiary/aromatic N) is 2. The van der Waals surface area contributed by atoms with E-state index in [1.165, 1.54) is 0 Å². The molecule has 62 valence electrons. The number of ether oxygens (including phenoxy) is 1. The molecule has 4 heteroatoms. The van der Waals surface area contributed by atoms with E-state index < -0.39 is 5.97 Å².